The third-order valence-corrected chi connectivity index (χ3v) is 2.76. The molecule has 0 radical (unpaired) electrons. The Balaban J connectivity index is 2.79. The Labute approximate surface area is 108 Å². The summed E-state index contributed by atoms with van der Waals surface area (Å²) in [5.41, 5.74) is -0.938. The number of alkyl halides is 5. The smallest absolute Gasteiger partial charge is 0.461 e. The molecule has 0 atom stereocenters. The Morgan fingerprint density at radius 1 is 1.25 bits per heavy atom. The minimum atomic E-state index is -5.81. The first-order valence-corrected chi connectivity index (χ1v) is 5.21. The lowest BCUT2D eigenvalue weighted by molar-refractivity contribution is -0.293. The lowest BCUT2D eigenvalue weighted by Crippen LogP contribution is -2.36. The summed E-state index contributed by atoms with van der Waals surface area (Å²) >= 11 is 0. The van der Waals surface area contributed by atoms with Gasteiger partial charge in [-0.3, -0.25) is 0 Å². The minimum Gasteiger partial charge on any atom is -0.478 e. The first-order valence-electron chi connectivity index (χ1n) is 5.21. The van der Waals surface area contributed by atoms with Crippen molar-refractivity contribution in [1.82, 2.24) is 9.55 Å². The van der Waals surface area contributed by atoms with Gasteiger partial charge in [-0.05, 0) is 12.1 Å². The molecule has 1 N–H and O–H groups in total. The van der Waals surface area contributed by atoms with E-state index in [4.69, 9.17) is 5.11 Å². The first kappa shape index (κ1) is 14.2. The number of rotatable bonds is 2. The number of benzene rings is 1. The molecule has 0 saturated heterocycles. The molecular formula is C11H7F5N2O2. The zero-order valence-electron chi connectivity index (χ0n) is 9.87. The van der Waals surface area contributed by atoms with Crippen molar-refractivity contribution in [2.75, 3.05) is 0 Å². The molecule has 9 heteroatoms. The molecule has 2 aromatic rings. The van der Waals surface area contributed by atoms with Crippen LogP contribution in [-0.2, 0) is 13.0 Å². The maximum atomic E-state index is 13.3. The van der Waals surface area contributed by atoms with E-state index in [-0.39, 0.29) is 11.0 Å². The van der Waals surface area contributed by atoms with Gasteiger partial charge in [-0.25, -0.2) is 9.78 Å². The quantitative estimate of drug-likeness (QED) is 0.866. The molecule has 0 fully saturated rings. The highest BCUT2D eigenvalue weighted by atomic mass is 19.4. The summed E-state index contributed by atoms with van der Waals surface area (Å²) in [6.07, 6.45) is -5.81. The summed E-state index contributed by atoms with van der Waals surface area (Å²) in [6, 6.07) is 3.48. The van der Waals surface area contributed by atoms with Crippen LogP contribution in [0.1, 0.15) is 16.2 Å². The van der Waals surface area contributed by atoms with Crippen molar-refractivity contribution >= 4 is 17.0 Å². The normalized spacial score (nSPS) is 12.9. The summed E-state index contributed by atoms with van der Waals surface area (Å²) in [5, 5.41) is 8.93. The number of aryl methyl sites for hydroxylation is 1. The van der Waals surface area contributed by atoms with Gasteiger partial charge >= 0.3 is 18.1 Å². The van der Waals surface area contributed by atoms with Gasteiger partial charge in [-0.15, -0.1) is 0 Å². The van der Waals surface area contributed by atoms with E-state index in [0.717, 1.165) is 19.2 Å². The SMILES string of the molecule is Cn1c(C(F)(F)C(F)(F)F)nc2cccc(C(=O)O)c21. The molecule has 0 bridgehead atoms. The third kappa shape index (κ3) is 1.89. The molecule has 108 valence electrons. The summed E-state index contributed by atoms with van der Waals surface area (Å²) < 4.78 is 64.2. The number of para-hydroxylation sites is 1. The van der Waals surface area contributed by atoms with Gasteiger partial charge in [-0.2, -0.15) is 22.0 Å². The molecule has 0 saturated carbocycles. The van der Waals surface area contributed by atoms with Crippen molar-refractivity contribution in [3.63, 3.8) is 0 Å². The molecule has 0 aliphatic heterocycles. The van der Waals surface area contributed by atoms with Crippen LogP contribution in [-0.4, -0.2) is 26.8 Å². The van der Waals surface area contributed by atoms with Crippen LogP contribution in [0.25, 0.3) is 11.0 Å². The van der Waals surface area contributed by atoms with Gasteiger partial charge in [0.15, 0.2) is 5.82 Å². The highest BCUT2D eigenvalue weighted by molar-refractivity contribution is 6.01. The largest absolute Gasteiger partial charge is 0.478 e. The van der Waals surface area contributed by atoms with Gasteiger partial charge in [-0.1, -0.05) is 6.07 Å². The molecule has 1 heterocycles. The van der Waals surface area contributed by atoms with E-state index in [0.29, 0.717) is 4.57 Å². The topological polar surface area (TPSA) is 55.1 Å². The van der Waals surface area contributed by atoms with Crippen LogP contribution >= 0.6 is 0 Å². The maximum Gasteiger partial charge on any atom is 0.461 e. The third-order valence-electron chi connectivity index (χ3n) is 2.76. The summed E-state index contributed by atoms with van der Waals surface area (Å²) in [7, 11) is 0.913. The maximum absolute atomic E-state index is 13.3. The zero-order valence-corrected chi connectivity index (χ0v) is 9.87. The predicted molar refractivity (Wildman–Crippen MR) is 57.6 cm³/mol. The summed E-state index contributed by atoms with van der Waals surface area (Å²) in [6.45, 7) is 0. The number of hydrogen-bond acceptors (Lipinski definition) is 2. The standard InChI is InChI=1S/C11H7F5N2O2/c1-18-7-5(8(19)20)3-2-4-6(7)17-9(18)10(12,13)11(14,15)16/h2-4H,1H3,(H,19,20). The molecule has 4 nitrogen and oxygen atoms in total. The second-order valence-corrected chi connectivity index (χ2v) is 4.05. The minimum absolute atomic E-state index is 0.244. The molecule has 0 aliphatic carbocycles. The lowest BCUT2D eigenvalue weighted by Gasteiger charge is -2.18. The van der Waals surface area contributed by atoms with Crippen LogP contribution in [0, 0.1) is 0 Å². The number of nitrogens with zero attached hydrogens (tertiary/aromatic N) is 2. The average molecular weight is 294 g/mol. The Morgan fingerprint density at radius 2 is 1.85 bits per heavy atom. The van der Waals surface area contributed by atoms with Crippen LogP contribution in [0.3, 0.4) is 0 Å². The van der Waals surface area contributed by atoms with Crippen molar-refractivity contribution in [3.8, 4) is 0 Å². The number of hydrogen-bond donors (Lipinski definition) is 1. The van der Waals surface area contributed by atoms with E-state index in [1.807, 2.05) is 0 Å². The number of carboxylic acid groups (broad SMARTS) is 1. The fraction of sp³-hybridized carbons (Fsp3) is 0.273. The number of aromatic nitrogens is 2. The van der Waals surface area contributed by atoms with E-state index in [1.54, 1.807) is 0 Å². The van der Waals surface area contributed by atoms with Crippen LogP contribution in [0.5, 0.6) is 0 Å². The van der Waals surface area contributed by atoms with Crippen molar-refractivity contribution in [3.05, 3.63) is 29.6 Å². The number of halogens is 5. The van der Waals surface area contributed by atoms with E-state index in [2.05, 4.69) is 4.98 Å². The van der Waals surface area contributed by atoms with Crippen LogP contribution in [0.15, 0.2) is 18.2 Å². The second kappa shape index (κ2) is 4.15. The first-order chi connectivity index (χ1) is 9.07. The Morgan fingerprint density at radius 3 is 2.35 bits per heavy atom. The van der Waals surface area contributed by atoms with Crippen molar-refractivity contribution in [2.24, 2.45) is 7.05 Å². The second-order valence-electron chi connectivity index (χ2n) is 4.05. The summed E-state index contributed by atoms with van der Waals surface area (Å²) in [5.74, 6) is -8.16. The van der Waals surface area contributed by atoms with Gasteiger partial charge in [0.2, 0.25) is 0 Å². The lowest BCUT2D eigenvalue weighted by atomic mass is 10.2. The van der Waals surface area contributed by atoms with Crippen molar-refractivity contribution in [2.45, 2.75) is 12.1 Å². The van der Waals surface area contributed by atoms with Gasteiger partial charge < -0.3 is 9.67 Å². The molecule has 0 spiro atoms. The summed E-state index contributed by atoms with van der Waals surface area (Å²) in [4.78, 5) is 14.2. The van der Waals surface area contributed by atoms with Crippen molar-refractivity contribution < 1.29 is 31.9 Å². The Kier molecular flexibility index (Phi) is 2.95. The van der Waals surface area contributed by atoms with Gasteiger partial charge in [0.1, 0.15) is 0 Å². The number of aromatic carboxylic acids is 1. The highest BCUT2D eigenvalue weighted by Gasteiger charge is 2.61. The van der Waals surface area contributed by atoms with E-state index in [1.165, 1.54) is 6.07 Å². The zero-order chi connectivity index (χ0) is 15.3. The Hall–Kier alpha value is -2.19. The number of fused-ring (bicyclic) bond motifs is 1. The van der Waals surface area contributed by atoms with Crippen molar-refractivity contribution in [1.29, 1.82) is 0 Å². The molecule has 1 aromatic heterocycles. The van der Waals surface area contributed by atoms with Crippen LogP contribution in [0.4, 0.5) is 22.0 Å². The van der Waals surface area contributed by atoms with Gasteiger partial charge in [0, 0.05) is 7.05 Å². The highest BCUT2D eigenvalue weighted by Crippen LogP contribution is 2.44. The average Bonchev–Trinajstić information content (AvgIpc) is 2.66. The van der Waals surface area contributed by atoms with Crippen LogP contribution < -0.4 is 0 Å². The molecule has 0 unspecified atom stereocenters. The monoisotopic (exact) mass is 294 g/mol. The fourth-order valence-electron chi connectivity index (χ4n) is 1.85. The molecular weight excluding hydrogens is 287 g/mol. The van der Waals surface area contributed by atoms with E-state index >= 15 is 0 Å². The number of imidazole rings is 1. The van der Waals surface area contributed by atoms with Crippen LogP contribution in [0.2, 0.25) is 0 Å². The Bertz CT molecular complexity index is 690. The van der Waals surface area contributed by atoms with E-state index < -0.39 is 29.5 Å². The molecule has 20 heavy (non-hydrogen) atoms. The molecule has 0 amide bonds. The fourth-order valence-corrected chi connectivity index (χ4v) is 1.85. The molecule has 0 aliphatic rings. The van der Waals surface area contributed by atoms with Gasteiger partial charge in [0.05, 0.1) is 16.6 Å². The molecule has 1 aromatic carbocycles. The van der Waals surface area contributed by atoms with Gasteiger partial charge in [0.25, 0.3) is 0 Å². The van der Waals surface area contributed by atoms with E-state index in [9.17, 15) is 26.7 Å². The molecule has 2 rings (SSSR count). The predicted octanol–water partition coefficient (Wildman–Crippen LogP) is 2.93. The number of carboxylic acids is 1. The number of carbonyl (C=O) groups is 1.